The molecular formula is C26H32N4O4. The van der Waals surface area contributed by atoms with Crippen molar-refractivity contribution < 1.29 is 19.1 Å². The van der Waals surface area contributed by atoms with Crippen molar-refractivity contribution in [1.82, 2.24) is 15.5 Å². The number of rotatable bonds is 7. The van der Waals surface area contributed by atoms with Crippen molar-refractivity contribution in [1.29, 1.82) is 0 Å². The van der Waals surface area contributed by atoms with Gasteiger partial charge in [0.25, 0.3) is 0 Å². The highest BCUT2D eigenvalue weighted by atomic mass is 16.5. The number of hydrogen-bond acceptors (Lipinski definition) is 6. The Bertz CT molecular complexity index is 1060. The van der Waals surface area contributed by atoms with E-state index in [0.717, 1.165) is 31.7 Å². The van der Waals surface area contributed by atoms with E-state index in [9.17, 15) is 9.59 Å². The average molecular weight is 465 g/mol. The number of carbonyl (C=O) groups is 2. The van der Waals surface area contributed by atoms with E-state index < -0.39 is 12.0 Å². The van der Waals surface area contributed by atoms with E-state index >= 15 is 0 Å². The standard InChI is InChI=1S/C26H32N4O4/c1-4-34-25(31)23-22(27-26(32)28-24(23)19-8-10-21(33-3)11-9-19)17-29-12-14-30(15-13-29)20-7-5-6-18(2)16-20/h5-11,16,24H,4,12-15,17H2,1-3H3,(H2,27,28,32). The van der Waals surface area contributed by atoms with Crippen LogP contribution in [0.5, 0.6) is 5.75 Å². The second kappa shape index (κ2) is 10.6. The number of esters is 1. The third kappa shape index (κ3) is 5.34. The number of benzene rings is 2. The van der Waals surface area contributed by atoms with Crippen molar-refractivity contribution in [2.24, 2.45) is 0 Å². The molecule has 8 heteroatoms. The first kappa shape index (κ1) is 23.6. The van der Waals surface area contributed by atoms with Crippen LogP contribution in [0.25, 0.3) is 0 Å². The first-order valence-corrected chi connectivity index (χ1v) is 11.6. The molecule has 1 unspecified atom stereocenters. The normalized spacial score (nSPS) is 18.9. The number of ether oxygens (including phenoxy) is 2. The highest BCUT2D eigenvalue weighted by Gasteiger charge is 2.34. The molecule has 0 radical (unpaired) electrons. The maximum Gasteiger partial charge on any atom is 0.338 e. The van der Waals surface area contributed by atoms with Gasteiger partial charge in [0.2, 0.25) is 0 Å². The van der Waals surface area contributed by atoms with Crippen LogP contribution in [0.2, 0.25) is 0 Å². The summed E-state index contributed by atoms with van der Waals surface area (Å²) in [6.45, 7) is 8.00. The maximum atomic E-state index is 13.0. The second-order valence-electron chi connectivity index (χ2n) is 8.52. The van der Waals surface area contributed by atoms with Gasteiger partial charge in [-0.3, -0.25) is 4.90 Å². The van der Waals surface area contributed by atoms with Gasteiger partial charge in [-0.1, -0.05) is 24.3 Å². The number of nitrogens with one attached hydrogen (secondary N) is 2. The summed E-state index contributed by atoms with van der Waals surface area (Å²) in [6, 6.07) is 14.9. The van der Waals surface area contributed by atoms with E-state index in [4.69, 9.17) is 9.47 Å². The van der Waals surface area contributed by atoms with Gasteiger partial charge in [-0.15, -0.1) is 0 Å². The molecule has 2 heterocycles. The number of amides is 2. The summed E-state index contributed by atoms with van der Waals surface area (Å²) in [5.41, 5.74) is 4.28. The van der Waals surface area contributed by atoms with E-state index in [1.54, 1.807) is 14.0 Å². The molecule has 8 nitrogen and oxygen atoms in total. The van der Waals surface area contributed by atoms with Gasteiger partial charge in [0.15, 0.2) is 0 Å². The number of methoxy groups -OCH3 is 1. The molecule has 0 aromatic heterocycles. The molecule has 0 spiro atoms. The zero-order chi connectivity index (χ0) is 24.1. The number of piperazine rings is 1. The zero-order valence-corrected chi connectivity index (χ0v) is 20.0. The average Bonchev–Trinajstić information content (AvgIpc) is 2.84. The van der Waals surface area contributed by atoms with Crippen LogP contribution in [-0.2, 0) is 9.53 Å². The lowest BCUT2D eigenvalue weighted by Crippen LogP contribution is -2.51. The Labute approximate surface area is 200 Å². The maximum absolute atomic E-state index is 13.0. The van der Waals surface area contributed by atoms with Crippen LogP contribution in [0, 0.1) is 6.92 Å². The van der Waals surface area contributed by atoms with E-state index in [1.165, 1.54) is 11.3 Å². The van der Waals surface area contributed by atoms with E-state index in [-0.39, 0.29) is 12.6 Å². The Morgan fingerprint density at radius 2 is 1.82 bits per heavy atom. The van der Waals surface area contributed by atoms with Crippen LogP contribution >= 0.6 is 0 Å². The zero-order valence-electron chi connectivity index (χ0n) is 20.0. The molecule has 2 aliphatic heterocycles. The molecule has 0 aliphatic carbocycles. The minimum atomic E-state index is -0.595. The smallest absolute Gasteiger partial charge is 0.338 e. The van der Waals surface area contributed by atoms with Crippen LogP contribution < -0.4 is 20.3 Å². The monoisotopic (exact) mass is 464 g/mol. The number of carbonyl (C=O) groups excluding carboxylic acids is 2. The van der Waals surface area contributed by atoms with Gasteiger partial charge < -0.3 is 25.0 Å². The fourth-order valence-electron chi connectivity index (χ4n) is 4.45. The van der Waals surface area contributed by atoms with Crippen molar-refractivity contribution in [3.8, 4) is 5.75 Å². The Kier molecular flexibility index (Phi) is 7.37. The van der Waals surface area contributed by atoms with Gasteiger partial charge in [0, 0.05) is 44.1 Å². The minimum Gasteiger partial charge on any atom is -0.497 e. The summed E-state index contributed by atoms with van der Waals surface area (Å²) in [6.07, 6.45) is 0. The predicted octanol–water partition coefficient (Wildman–Crippen LogP) is 3.00. The van der Waals surface area contributed by atoms with Crippen LogP contribution in [0.15, 0.2) is 59.8 Å². The van der Waals surface area contributed by atoms with Crippen molar-refractivity contribution in [2.75, 3.05) is 51.3 Å². The van der Waals surface area contributed by atoms with Crippen LogP contribution in [-0.4, -0.2) is 63.3 Å². The number of urea groups is 1. The first-order chi connectivity index (χ1) is 16.5. The largest absolute Gasteiger partial charge is 0.497 e. The van der Waals surface area contributed by atoms with Gasteiger partial charge in [0.05, 0.1) is 25.3 Å². The lowest BCUT2D eigenvalue weighted by atomic mass is 9.94. The molecule has 2 N–H and O–H groups in total. The molecule has 2 aliphatic rings. The quantitative estimate of drug-likeness (QED) is 0.613. The SMILES string of the molecule is CCOC(=O)C1=C(CN2CCN(c3cccc(C)c3)CC2)NC(=O)NC1c1ccc(OC)cc1. The summed E-state index contributed by atoms with van der Waals surface area (Å²) in [5.74, 6) is 0.279. The highest BCUT2D eigenvalue weighted by molar-refractivity contribution is 5.95. The molecule has 0 bridgehead atoms. The summed E-state index contributed by atoms with van der Waals surface area (Å²) in [4.78, 5) is 30.2. The minimum absolute atomic E-state index is 0.258. The number of nitrogens with zero attached hydrogens (tertiary/aromatic N) is 2. The molecule has 1 fully saturated rings. The Hall–Kier alpha value is -3.52. The second-order valence-corrected chi connectivity index (χ2v) is 8.52. The first-order valence-electron chi connectivity index (χ1n) is 11.6. The fourth-order valence-corrected chi connectivity index (χ4v) is 4.45. The third-order valence-electron chi connectivity index (χ3n) is 6.22. The Morgan fingerprint density at radius 1 is 1.09 bits per heavy atom. The Morgan fingerprint density at radius 3 is 2.47 bits per heavy atom. The van der Waals surface area contributed by atoms with Gasteiger partial charge >= 0.3 is 12.0 Å². The molecule has 4 rings (SSSR count). The molecule has 1 atom stereocenters. The van der Waals surface area contributed by atoms with Crippen molar-refractivity contribution >= 4 is 17.7 Å². The molecule has 1 saturated heterocycles. The van der Waals surface area contributed by atoms with Gasteiger partial charge in [0.1, 0.15) is 5.75 Å². The van der Waals surface area contributed by atoms with Gasteiger partial charge in [-0.2, -0.15) is 0 Å². The molecule has 180 valence electrons. The molecule has 2 aromatic rings. The lowest BCUT2D eigenvalue weighted by molar-refractivity contribution is -0.139. The van der Waals surface area contributed by atoms with Crippen LogP contribution in [0.4, 0.5) is 10.5 Å². The van der Waals surface area contributed by atoms with Crippen molar-refractivity contribution in [2.45, 2.75) is 19.9 Å². The summed E-state index contributed by atoms with van der Waals surface area (Å²) in [7, 11) is 1.60. The Balaban J connectivity index is 1.55. The van der Waals surface area contributed by atoms with E-state index in [2.05, 4.69) is 51.6 Å². The lowest BCUT2D eigenvalue weighted by Gasteiger charge is -2.38. The van der Waals surface area contributed by atoms with Gasteiger partial charge in [-0.25, -0.2) is 9.59 Å². The third-order valence-corrected chi connectivity index (χ3v) is 6.22. The van der Waals surface area contributed by atoms with E-state index in [1.807, 2.05) is 24.3 Å². The topological polar surface area (TPSA) is 83.1 Å². The molecule has 2 amide bonds. The van der Waals surface area contributed by atoms with Gasteiger partial charge in [-0.05, 0) is 49.2 Å². The number of anilines is 1. The van der Waals surface area contributed by atoms with Crippen LogP contribution in [0.3, 0.4) is 0 Å². The number of hydrogen-bond donors (Lipinski definition) is 2. The molecule has 0 saturated carbocycles. The van der Waals surface area contributed by atoms with Crippen molar-refractivity contribution in [3.05, 3.63) is 70.9 Å². The van der Waals surface area contributed by atoms with Crippen LogP contribution in [0.1, 0.15) is 24.1 Å². The van der Waals surface area contributed by atoms with Crippen molar-refractivity contribution in [3.63, 3.8) is 0 Å². The number of aryl methyl sites for hydroxylation is 1. The summed E-state index contributed by atoms with van der Waals surface area (Å²) in [5, 5.41) is 5.76. The highest BCUT2D eigenvalue weighted by Crippen LogP contribution is 2.29. The molecule has 34 heavy (non-hydrogen) atoms. The summed E-state index contributed by atoms with van der Waals surface area (Å²) >= 11 is 0. The summed E-state index contributed by atoms with van der Waals surface area (Å²) < 4.78 is 10.6. The van der Waals surface area contributed by atoms with E-state index in [0.29, 0.717) is 23.6 Å². The molecule has 2 aromatic carbocycles. The fraction of sp³-hybridized carbons (Fsp3) is 0.385. The predicted molar refractivity (Wildman–Crippen MR) is 131 cm³/mol. The molecular weight excluding hydrogens is 432 g/mol.